The number of benzene rings is 3. The highest BCUT2D eigenvalue weighted by atomic mass is 35.5. The zero-order valence-corrected chi connectivity index (χ0v) is 26.5. The number of ketones is 2. The normalized spacial score (nSPS) is 19.7. The van der Waals surface area contributed by atoms with Gasteiger partial charge in [0.2, 0.25) is 0 Å². The first-order valence-electron chi connectivity index (χ1n) is 15.2. The smallest absolute Gasteiger partial charge is 0.305 e. The molecule has 3 aromatic rings. The second-order valence-electron chi connectivity index (χ2n) is 13.9. The number of allylic oxidation sites excluding steroid dienone is 4. The maximum Gasteiger partial charge on any atom is 0.305 e. The van der Waals surface area contributed by atoms with Crippen molar-refractivity contribution in [3.63, 3.8) is 0 Å². The van der Waals surface area contributed by atoms with E-state index in [1.165, 1.54) is 0 Å². The van der Waals surface area contributed by atoms with Crippen LogP contribution in [0.15, 0.2) is 83.2 Å². The molecule has 44 heavy (non-hydrogen) atoms. The minimum absolute atomic E-state index is 0.00394. The predicted octanol–water partition coefficient (Wildman–Crippen LogP) is 8.23. The Hall–Kier alpha value is -3.90. The van der Waals surface area contributed by atoms with Crippen molar-refractivity contribution in [1.29, 1.82) is 0 Å². The molecule has 228 valence electrons. The van der Waals surface area contributed by atoms with E-state index in [9.17, 15) is 19.5 Å². The Morgan fingerprint density at radius 2 is 1.45 bits per heavy atom. The van der Waals surface area contributed by atoms with Crippen LogP contribution in [-0.4, -0.2) is 34.1 Å². The van der Waals surface area contributed by atoms with Crippen LogP contribution in [0.2, 0.25) is 5.02 Å². The third-order valence-corrected chi connectivity index (χ3v) is 9.50. The van der Waals surface area contributed by atoms with E-state index in [-0.39, 0.29) is 42.0 Å². The van der Waals surface area contributed by atoms with E-state index in [1.54, 1.807) is 0 Å². The minimum Gasteiger partial charge on any atom is -0.489 e. The van der Waals surface area contributed by atoms with Gasteiger partial charge in [-0.25, -0.2) is 0 Å². The Morgan fingerprint density at radius 3 is 2.07 bits per heavy atom. The lowest BCUT2D eigenvalue weighted by Crippen LogP contribution is -2.45. The van der Waals surface area contributed by atoms with E-state index in [1.807, 2.05) is 65.6 Å². The van der Waals surface area contributed by atoms with Gasteiger partial charge in [-0.05, 0) is 46.6 Å². The molecule has 7 heteroatoms. The lowest BCUT2D eigenvalue weighted by atomic mass is 9.63. The first-order valence-corrected chi connectivity index (χ1v) is 15.6. The van der Waals surface area contributed by atoms with E-state index in [4.69, 9.17) is 16.3 Å². The van der Waals surface area contributed by atoms with E-state index in [2.05, 4.69) is 27.7 Å². The summed E-state index contributed by atoms with van der Waals surface area (Å²) in [7, 11) is 0. The van der Waals surface area contributed by atoms with Crippen LogP contribution in [-0.2, 0) is 21.0 Å². The van der Waals surface area contributed by atoms with Crippen LogP contribution < -0.4 is 4.74 Å². The van der Waals surface area contributed by atoms with E-state index in [0.717, 1.165) is 33.3 Å². The number of rotatable bonds is 7. The molecule has 1 aliphatic heterocycles. The summed E-state index contributed by atoms with van der Waals surface area (Å²) in [6.07, 6.45) is 1.81. The Morgan fingerprint density at radius 1 is 0.864 bits per heavy atom. The minimum atomic E-state index is -0.913. The highest BCUT2D eigenvalue weighted by Crippen LogP contribution is 2.56. The van der Waals surface area contributed by atoms with Gasteiger partial charge in [0, 0.05) is 64.0 Å². The fourth-order valence-electron chi connectivity index (χ4n) is 7.28. The van der Waals surface area contributed by atoms with Gasteiger partial charge in [-0.1, -0.05) is 87.8 Å². The zero-order valence-electron chi connectivity index (χ0n) is 25.7. The maximum absolute atomic E-state index is 14.3. The molecule has 0 amide bonds. The number of carbonyl (C=O) groups excluding carboxylic acids is 2. The van der Waals surface area contributed by atoms with Gasteiger partial charge in [-0.3, -0.25) is 14.4 Å². The molecule has 0 radical (unpaired) electrons. The first kappa shape index (κ1) is 30.1. The molecule has 6 rings (SSSR count). The number of halogens is 1. The van der Waals surface area contributed by atoms with Crippen molar-refractivity contribution in [2.75, 3.05) is 6.54 Å². The molecule has 0 bridgehead atoms. The van der Waals surface area contributed by atoms with Crippen molar-refractivity contribution in [3.8, 4) is 5.75 Å². The number of hydrogen-bond acceptors (Lipinski definition) is 5. The van der Waals surface area contributed by atoms with Crippen LogP contribution in [0.5, 0.6) is 5.75 Å². The molecule has 3 aliphatic rings. The number of carboxylic acids is 1. The average Bonchev–Trinajstić information content (AvgIpc) is 2.93. The summed E-state index contributed by atoms with van der Waals surface area (Å²) in [4.78, 5) is 42.4. The maximum atomic E-state index is 14.3. The van der Waals surface area contributed by atoms with Crippen molar-refractivity contribution >= 4 is 39.9 Å². The fraction of sp³-hybridized carbons (Fsp3) is 0.378. The SMILES string of the molecule is CC1(C)CC(=O)C2=C(C1)N(CCC(=O)O)C1=C(C(=O)CC(C)(C)C1)C2c1c(OCc2ccccc2Cl)ccc2ccccc12. The predicted molar refractivity (Wildman–Crippen MR) is 172 cm³/mol. The summed E-state index contributed by atoms with van der Waals surface area (Å²) < 4.78 is 6.54. The third kappa shape index (κ3) is 5.56. The van der Waals surface area contributed by atoms with Gasteiger partial charge in [-0.15, -0.1) is 0 Å². The van der Waals surface area contributed by atoms with Gasteiger partial charge in [0.15, 0.2) is 11.6 Å². The largest absolute Gasteiger partial charge is 0.489 e. The molecule has 3 aromatic carbocycles. The topological polar surface area (TPSA) is 83.9 Å². The van der Waals surface area contributed by atoms with Gasteiger partial charge >= 0.3 is 5.97 Å². The average molecular weight is 612 g/mol. The zero-order chi connectivity index (χ0) is 31.4. The van der Waals surface area contributed by atoms with Crippen LogP contribution in [0.25, 0.3) is 10.8 Å². The van der Waals surface area contributed by atoms with Crippen molar-refractivity contribution in [2.24, 2.45) is 10.8 Å². The van der Waals surface area contributed by atoms with E-state index in [0.29, 0.717) is 47.6 Å². The molecule has 0 fully saturated rings. The quantitative estimate of drug-likeness (QED) is 0.290. The van der Waals surface area contributed by atoms with Gasteiger partial charge in [0.05, 0.1) is 6.42 Å². The first-order chi connectivity index (χ1) is 20.8. The van der Waals surface area contributed by atoms with Gasteiger partial charge in [0.25, 0.3) is 0 Å². The van der Waals surface area contributed by atoms with Crippen molar-refractivity contribution < 1.29 is 24.2 Å². The standard InChI is InChI=1S/C37H38ClNO5/c1-36(2)17-26-33(28(40)19-36)35(34-27(39(26)16-15-31(42)43)18-37(3,4)20-29(34)41)32-24-11-7-5-9-22(24)13-14-30(32)44-21-23-10-6-8-12-25(23)38/h5-14,35H,15-21H2,1-4H3,(H,42,43). The molecule has 0 spiro atoms. The van der Waals surface area contributed by atoms with E-state index < -0.39 is 11.9 Å². The van der Waals surface area contributed by atoms with Gasteiger partial charge < -0.3 is 14.7 Å². The van der Waals surface area contributed by atoms with Crippen molar-refractivity contribution in [1.82, 2.24) is 4.90 Å². The molecule has 1 heterocycles. The number of ether oxygens (including phenoxy) is 1. The van der Waals surface area contributed by atoms with Crippen LogP contribution in [0, 0.1) is 10.8 Å². The second-order valence-corrected chi connectivity index (χ2v) is 14.3. The molecule has 0 unspecified atom stereocenters. The van der Waals surface area contributed by atoms with Crippen LogP contribution in [0.1, 0.15) is 76.8 Å². The molecular formula is C37H38ClNO5. The monoisotopic (exact) mass is 611 g/mol. The molecule has 6 nitrogen and oxygen atoms in total. The molecule has 1 N–H and O–H groups in total. The lowest BCUT2D eigenvalue weighted by Gasteiger charge is -2.49. The van der Waals surface area contributed by atoms with Crippen molar-refractivity contribution in [2.45, 2.75) is 72.3 Å². The highest BCUT2D eigenvalue weighted by Gasteiger charge is 2.50. The van der Waals surface area contributed by atoms with Crippen molar-refractivity contribution in [3.05, 3.63) is 99.4 Å². The summed E-state index contributed by atoms with van der Waals surface area (Å²) in [5, 5.41) is 12.2. The summed E-state index contributed by atoms with van der Waals surface area (Å²) in [6.45, 7) is 8.74. The summed E-state index contributed by atoms with van der Waals surface area (Å²) in [5.74, 6) is -0.947. The summed E-state index contributed by atoms with van der Waals surface area (Å²) >= 11 is 6.48. The molecule has 2 aliphatic carbocycles. The van der Waals surface area contributed by atoms with Gasteiger partial charge in [0.1, 0.15) is 12.4 Å². The molecule has 0 aromatic heterocycles. The van der Waals surface area contributed by atoms with Crippen LogP contribution >= 0.6 is 11.6 Å². The number of fused-ring (bicyclic) bond motifs is 1. The fourth-order valence-corrected chi connectivity index (χ4v) is 7.47. The number of hydrogen-bond donors (Lipinski definition) is 1. The number of carbonyl (C=O) groups is 3. The molecule has 0 saturated heterocycles. The van der Waals surface area contributed by atoms with E-state index >= 15 is 0 Å². The number of Topliss-reactive ketones (excluding diaryl/α,β-unsaturated/α-hetero) is 2. The summed E-state index contributed by atoms with van der Waals surface area (Å²) in [6, 6.07) is 19.5. The molecule has 0 atom stereocenters. The number of carboxylic acid groups (broad SMARTS) is 1. The van der Waals surface area contributed by atoms with Crippen LogP contribution in [0.3, 0.4) is 0 Å². The van der Waals surface area contributed by atoms with Crippen LogP contribution in [0.4, 0.5) is 0 Å². The second kappa shape index (κ2) is 11.2. The highest BCUT2D eigenvalue weighted by molar-refractivity contribution is 6.31. The van der Waals surface area contributed by atoms with Gasteiger partial charge in [-0.2, -0.15) is 0 Å². The Kier molecular flexibility index (Phi) is 7.69. The Balaban J connectivity index is 1.62. The summed E-state index contributed by atoms with van der Waals surface area (Å²) in [5.41, 5.74) is 3.89. The lowest BCUT2D eigenvalue weighted by molar-refractivity contribution is -0.137. The molecule has 0 saturated carbocycles. The Labute approximate surface area is 263 Å². The third-order valence-electron chi connectivity index (χ3n) is 9.13. The number of aliphatic carboxylic acids is 1. The number of nitrogens with zero attached hydrogens (tertiary/aromatic N) is 1. The Bertz CT molecular complexity index is 1710. The molecular weight excluding hydrogens is 574 g/mol.